The first kappa shape index (κ1) is 15.3. The second-order valence-electron chi connectivity index (χ2n) is 5.28. The van der Waals surface area contributed by atoms with Gasteiger partial charge in [-0.1, -0.05) is 30.3 Å². The number of hydrogen-bond acceptors (Lipinski definition) is 3. The monoisotopic (exact) mass is 286 g/mol. The first-order valence-corrected chi connectivity index (χ1v) is 7.08. The number of imidazole rings is 1. The Balaban J connectivity index is 1.85. The van der Waals surface area contributed by atoms with E-state index in [0.717, 1.165) is 12.2 Å². The van der Waals surface area contributed by atoms with Crippen LogP contribution in [0, 0.1) is 0 Å². The molecule has 21 heavy (non-hydrogen) atoms. The SMILES string of the molecule is CN(Cc1nccn1C)C(=O)C(N)CCc1ccccc1. The molecule has 1 aromatic heterocycles. The molecule has 0 aliphatic carbocycles. The van der Waals surface area contributed by atoms with Crippen LogP contribution in [0.2, 0.25) is 0 Å². The molecule has 0 spiro atoms. The summed E-state index contributed by atoms with van der Waals surface area (Å²) >= 11 is 0. The van der Waals surface area contributed by atoms with Crippen LogP contribution in [-0.4, -0.2) is 33.4 Å². The first-order valence-electron chi connectivity index (χ1n) is 7.08. The van der Waals surface area contributed by atoms with Gasteiger partial charge in [-0.25, -0.2) is 4.98 Å². The van der Waals surface area contributed by atoms with Crippen molar-refractivity contribution in [1.29, 1.82) is 0 Å². The van der Waals surface area contributed by atoms with E-state index in [2.05, 4.69) is 17.1 Å². The Labute approximate surface area is 125 Å². The van der Waals surface area contributed by atoms with E-state index in [0.29, 0.717) is 13.0 Å². The summed E-state index contributed by atoms with van der Waals surface area (Å²) in [5, 5.41) is 0. The van der Waals surface area contributed by atoms with Gasteiger partial charge in [0.25, 0.3) is 0 Å². The van der Waals surface area contributed by atoms with Gasteiger partial charge in [0.05, 0.1) is 12.6 Å². The van der Waals surface area contributed by atoms with Gasteiger partial charge in [-0.05, 0) is 18.4 Å². The molecule has 0 aliphatic rings. The molecule has 0 saturated heterocycles. The van der Waals surface area contributed by atoms with E-state index in [1.807, 2.05) is 36.0 Å². The van der Waals surface area contributed by atoms with Gasteiger partial charge in [-0.2, -0.15) is 0 Å². The van der Waals surface area contributed by atoms with Crippen molar-refractivity contribution in [2.24, 2.45) is 12.8 Å². The van der Waals surface area contributed by atoms with Gasteiger partial charge in [0.15, 0.2) is 0 Å². The average molecular weight is 286 g/mol. The number of amides is 1. The van der Waals surface area contributed by atoms with Gasteiger partial charge in [-0.3, -0.25) is 4.79 Å². The predicted molar refractivity (Wildman–Crippen MR) is 82.4 cm³/mol. The maximum Gasteiger partial charge on any atom is 0.239 e. The highest BCUT2D eigenvalue weighted by atomic mass is 16.2. The Bertz CT molecular complexity index is 579. The van der Waals surface area contributed by atoms with Crippen molar-refractivity contribution >= 4 is 5.91 Å². The Hall–Kier alpha value is -2.14. The van der Waals surface area contributed by atoms with E-state index in [-0.39, 0.29) is 5.91 Å². The van der Waals surface area contributed by atoms with Gasteiger partial charge < -0.3 is 15.2 Å². The second-order valence-corrected chi connectivity index (χ2v) is 5.28. The van der Waals surface area contributed by atoms with Crippen LogP contribution in [0.5, 0.6) is 0 Å². The van der Waals surface area contributed by atoms with Gasteiger partial charge >= 0.3 is 0 Å². The van der Waals surface area contributed by atoms with E-state index in [9.17, 15) is 4.79 Å². The number of likely N-dealkylation sites (N-methyl/N-ethyl adjacent to an activating group) is 1. The standard InChI is InChI=1S/C16H22N4O/c1-19-11-10-18-15(19)12-20(2)16(21)14(17)9-8-13-6-4-3-5-7-13/h3-7,10-11,14H,8-9,12,17H2,1-2H3. The van der Waals surface area contributed by atoms with Crippen molar-refractivity contribution in [3.63, 3.8) is 0 Å². The maximum absolute atomic E-state index is 12.3. The zero-order valence-electron chi connectivity index (χ0n) is 12.6. The topological polar surface area (TPSA) is 64.2 Å². The van der Waals surface area contributed by atoms with E-state index < -0.39 is 6.04 Å². The number of aromatic nitrogens is 2. The lowest BCUT2D eigenvalue weighted by Gasteiger charge is -2.21. The molecule has 5 nitrogen and oxygen atoms in total. The zero-order chi connectivity index (χ0) is 15.2. The molecule has 0 bridgehead atoms. The van der Waals surface area contributed by atoms with E-state index >= 15 is 0 Å². The molecular formula is C16H22N4O. The van der Waals surface area contributed by atoms with Crippen LogP contribution in [0.25, 0.3) is 0 Å². The average Bonchev–Trinajstić information content (AvgIpc) is 2.90. The number of benzene rings is 1. The zero-order valence-corrected chi connectivity index (χ0v) is 12.6. The van der Waals surface area contributed by atoms with Crippen molar-refractivity contribution in [3.8, 4) is 0 Å². The third-order valence-electron chi connectivity index (χ3n) is 3.58. The number of rotatable bonds is 6. The van der Waals surface area contributed by atoms with Crippen molar-refractivity contribution in [2.45, 2.75) is 25.4 Å². The number of carbonyl (C=O) groups excluding carboxylic acids is 1. The molecule has 1 atom stereocenters. The molecular weight excluding hydrogens is 264 g/mol. The third kappa shape index (κ3) is 4.16. The highest BCUT2D eigenvalue weighted by Crippen LogP contribution is 2.07. The van der Waals surface area contributed by atoms with Crippen molar-refractivity contribution < 1.29 is 4.79 Å². The lowest BCUT2D eigenvalue weighted by Crippen LogP contribution is -2.42. The molecule has 2 aromatic rings. The van der Waals surface area contributed by atoms with Crippen LogP contribution in [0.4, 0.5) is 0 Å². The summed E-state index contributed by atoms with van der Waals surface area (Å²) in [6.45, 7) is 0.474. The van der Waals surface area contributed by atoms with Gasteiger partial charge in [0.1, 0.15) is 5.82 Å². The Morgan fingerprint density at radius 3 is 2.71 bits per heavy atom. The van der Waals surface area contributed by atoms with E-state index in [1.165, 1.54) is 5.56 Å². The number of nitrogens with two attached hydrogens (primary N) is 1. The summed E-state index contributed by atoms with van der Waals surface area (Å²) in [5.74, 6) is 0.801. The van der Waals surface area contributed by atoms with E-state index in [4.69, 9.17) is 5.73 Å². The molecule has 0 aliphatic heterocycles. The smallest absolute Gasteiger partial charge is 0.239 e. The summed E-state index contributed by atoms with van der Waals surface area (Å²) in [5.41, 5.74) is 7.22. The molecule has 2 N–H and O–H groups in total. The summed E-state index contributed by atoms with van der Waals surface area (Å²) in [7, 11) is 3.68. The normalized spacial score (nSPS) is 12.1. The molecule has 0 fully saturated rings. The molecule has 1 unspecified atom stereocenters. The lowest BCUT2D eigenvalue weighted by molar-refractivity contribution is -0.132. The third-order valence-corrected chi connectivity index (χ3v) is 3.58. The fourth-order valence-electron chi connectivity index (χ4n) is 2.21. The molecule has 5 heteroatoms. The van der Waals surface area contributed by atoms with Gasteiger partial charge in [0, 0.05) is 26.5 Å². The van der Waals surface area contributed by atoms with Gasteiger partial charge in [0.2, 0.25) is 5.91 Å². The fourth-order valence-corrected chi connectivity index (χ4v) is 2.21. The minimum Gasteiger partial charge on any atom is -0.337 e. The van der Waals surface area contributed by atoms with Crippen LogP contribution in [0.15, 0.2) is 42.7 Å². The second kappa shape index (κ2) is 7.04. The summed E-state index contributed by atoms with van der Waals surface area (Å²) < 4.78 is 1.90. The molecule has 1 amide bonds. The summed E-state index contributed by atoms with van der Waals surface area (Å²) in [4.78, 5) is 18.1. The highest BCUT2D eigenvalue weighted by molar-refractivity contribution is 5.81. The van der Waals surface area contributed by atoms with Crippen molar-refractivity contribution in [2.75, 3.05) is 7.05 Å². The number of nitrogens with zero attached hydrogens (tertiary/aromatic N) is 3. The molecule has 112 valence electrons. The quantitative estimate of drug-likeness (QED) is 0.871. The maximum atomic E-state index is 12.3. The van der Waals surface area contributed by atoms with Crippen molar-refractivity contribution in [3.05, 3.63) is 54.1 Å². The Morgan fingerprint density at radius 2 is 2.10 bits per heavy atom. The number of aryl methyl sites for hydroxylation is 2. The van der Waals surface area contributed by atoms with Crippen LogP contribution in [0.3, 0.4) is 0 Å². The molecule has 2 rings (SSSR count). The Morgan fingerprint density at radius 1 is 1.38 bits per heavy atom. The number of carbonyl (C=O) groups is 1. The van der Waals surface area contributed by atoms with Crippen molar-refractivity contribution in [1.82, 2.24) is 14.5 Å². The largest absolute Gasteiger partial charge is 0.337 e. The number of hydrogen-bond donors (Lipinski definition) is 1. The fraction of sp³-hybridized carbons (Fsp3) is 0.375. The molecule has 1 aromatic carbocycles. The molecule has 0 radical (unpaired) electrons. The minimum absolute atomic E-state index is 0.0473. The van der Waals surface area contributed by atoms with Crippen LogP contribution in [-0.2, 0) is 24.8 Å². The first-order chi connectivity index (χ1) is 10.1. The minimum atomic E-state index is -0.476. The van der Waals surface area contributed by atoms with Crippen LogP contribution < -0.4 is 5.73 Å². The Kier molecular flexibility index (Phi) is 5.11. The van der Waals surface area contributed by atoms with Crippen LogP contribution >= 0.6 is 0 Å². The highest BCUT2D eigenvalue weighted by Gasteiger charge is 2.19. The van der Waals surface area contributed by atoms with E-state index in [1.54, 1.807) is 18.1 Å². The molecule has 1 heterocycles. The van der Waals surface area contributed by atoms with Crippen LogP contribution in [0.1, 0.15) is 17.8 Å². The van der Waals surface area contributed by atoms with Gasteiger partial charge in [-0.15, -0.1) is 0 Å². The summed E-state index contributed by atoms with van der Waals surface area (Å²) in [6.07, 6.45) is 5.05. The summed E-state index contributed by atoms with van der Waals surface area (Å²) in [6, 6.07) is 9.60. The lowest BCUT2D eigenvalue weighted by atomic mass is 10.1. The predicted octanol–water partition coefficient (Wildman–Crippen LogP) is 1.34. The molecule has 0 saturated carbocycles.